The van der Waals surface area contributed by atoms with Gasteiger partial charge in [-0.1, -0.05) is 23.7 Å². The zero-order chi connectivity index (χ0) is 26.4. The molecule has 0 fully saturated rings. The van der Waals surface area contributed by atoms with Crippen LogP contribution >= 0.6 is 22.9 Å². The molecule has 0 unspecified atom stereocenters. The number of hydrogen-bond donors (Lipinski definition) is 1. The molecular weight excluding hydrogens is 532 g/mol. The predicted molar refractivity (Wildman–Crippen MR) is 132 cm³/mol. The van der Waals surface area contributed by atoms with Crippen LogP contribution in [0.4, 0.5) is 11.4 Å². The van der Waals surface area contributed by atoms with Crippen LogP contribution in [0, 0.1) is 0 Å². The highest BCUT2D eigenvalue weighted by molar-refractivity contribution is 7.92. The highest BCUT2D eigenvalue weighted by Gasteiger charge is 2.38. The number of ether oxygens (including phenoxy) is 1. The first kappa shape index (κ1) is 25.4. The molecule has 186 valence electrons. The number of carboxylic acid groups (broad SMARTS) is 1. The van der Waals surface area contributed by atoms with E-state index in [1.807, 2.05) is 0 Å². The quantitative estimate of drug-likeness (QED) is 0.365. The van der Waals surface area contributed by atoms with Crippen molar-refractivity contribution in [3.63, 3.8) is 0 Å². The van der Waals surface area contributed by atoms with Crippen LogP contribution in [-0.2, 0) is 26.0 Å². The average molecular weight is 549 g/mol. The lowest BCUT2D eigenvalue weighted by atomic mass is 10.0. The van der Waals surface area contributed by atoms with E-state index in [0.717, 1.165) is 21.7 Å². The number of nitrogens with zero attached hydrogens (tertiary/aromatic N) is 2. The number of esters is 1. The fourth-order valence-corrected chi connectivity index (χ4v) is 6.10. The van der Waals surface area contributed by atoms with Crippen molar-refractivity contribution in [2.45, 2.75) is 11.3 Å². The summed E-state index contributed by atoms with van der Waals surface area (Å²) in [5.74, 6) is -3.67. The Morgan fingerprint density at radius 1 is 1.17 bits per heavy atom. The molecule has 0 spiro atoms. The maximum absolute atomic E-state index is 13.5. The molecule has 0 radical (unpaired) electrons. The van der Waals surface area contributed by atoms with Gasteiger partial charge in [-0.25, -0.2) is 22.9 Å². The molecule has 2 heterocycles. The number of carboxylic acids is 1. The van der Waals surface area contributed by atoms with Crippen LogP contribution in [0.5, 0.6) is 0 Å². The van der Waals surface area contributed by atoms with E-state index in [4.69, 9.17) is 16.3 Å². The summed E-state index contributed by atoms with van der Waals surface area (Å²) >= 11 is 7.09. The molecule has 1 N–H and O–H groups in total. The number of thiophene rings is 1. The lowest BCUT2D eigenvalue weighted by Crippen LogP contribution is -2.43. The summed E-state index contributed by atoms with van der Waals surface area (Å²) in [4.78, 5) is 49.9. The molecule has 1 aliphatic heterocycles. The normalized spacial score (nSPS) is 13.4. The van der Waals surface area contributed by atoms with E-state index in [0.29, 0.717) is 4.90 Å². The number of benzene rings is 2. The van der Waals surface area contributed by atoms with Gasteiger partial charge in [-0.05, 0) is 41.3 Å². The van der Waals surface area contributed by atoms with Crippen molar-refractivity contribution in [2.24, 2.45) is 0 Å². The van der Waals surface area contributed by atoms with E-state index < -0.39 is 33.8 Å². The van der Waals surface area contributed by atoms with Gasteiger partial charge < -0.3 is 9.84 Å². The monoisotopic (exact) mass is 548 g/mol. The molecule has 1 aromatic heterocycles. The van der Waals surface area contributed by atoms with E-state index in [-0.39, 0.29) is 49.3 Å². The summed E-state index contributed by atoms with van der Waals surface area (Å²) in [7, 11) is -1.91. The Balaban J connectivity index is 1.79. The van der Waals surface area contributed by atoms with Crippen molar-refractivity contribution in [2.75, 3.05) is 23.4 Å². The van der Waals surface area contributed by atoms with Crippen molar-refractivity contribution in [3.8, 4) is 0 Å². The second kappa shape index (κ2) is 9.37. The smallest absolute Gasteiger partial charge is 0.346 e. The number of amides is 2. The van der Waals surface area contributed by atoms with Gasteiger partial charge >= 0.3 is 11.9 Å². The molecular formula is C23H17ClN2O8S2. The van der Waals surface area contributed by atoms with Crippen LogP contribution in [-0.4, -0.2) is 51.4 Å². The van der Waals surface area contributed by atoms with Crippen LogP contribution in [0.1, 0.15) is 36.0 Å². The average Bonchev–Trinajstić information content (AvgIpc) is 3.28. The maximum atomic E-state index is 13.5. The third-order valence-electron chi connectivity index (χ3n) is 5.53. The van der Waals surface area contributed by atoms with Gasteiger partial charge in [-0.15, -0.1) is 11.3 Å². The SMILES string of the molecule is COC(=O)c1ccccc1N(C)S(=O)(=O)c1ccc(Cl)c(N2C(=O)Cc3csc(C(=O)O)c3C2=O)c1. The summed E-state index contributed by atoms with van der Waals surface area (Å²) in [5, 5.41) is 10.8. The minimum atomic E-state index is -4.31. The van der Waals surface area contributed by atoms with Crippen LogP contribution in [0.2, 0.25) is 5.02 Å². The fourth-order valence-electron chi connectivity index (χ4n) is 3.77. The minimum Gasteiger partial charge on any atom is -0.477 e. The van der Waals surface area contributed by atoms with Gasteiger partial charge in [0.05, 0.1) is 46.0 Å². The van der Waals surface area contributed by atoms with Crippen LogP contribution in [0.25, 0.3) is 0 Å². The van der Waals surface area contributed by atoms with E-state index in [2.05, 4.69) is 0 Å². The third kappa shape index (κ3) is 4.12. The van der Waals surface area contributed by atoms with Gasteiger partial charge in [0.1, 0.15) is 4.88 Å². The molecule has 0 saturated heterocycles. The number of carbonyl (C=O) groups excluding carboxylic acids is 3. The van der Waals surface area contributed by atoms with Crippen LogP contribution < -0.4 is 9.21 Å². The van der Waals surface area contributed by atoms with Crippen molar-refractivity contribution >= 4 is 68.1 Å². The van der Waals surface area contributed by atoms with E-state index >= 15 is 0 Å². The molecule has 0 aliphatic carbocycles. The van der Waals surface area contributed by atoms with Gasteiger partial charge in [0, 0.05) is 7.05 Å². The Hall–Kier alpha value is -3.74. The Bertz CT molecular complexity index is 1550. The topological polar surface area (TPSA) is 138 Å². The molecule has 1 aliphatic rings. The number of imide groups is 1. The summed E-state index contributed by atoms with van der Waals surface area (Å²) in [6.07, 6.45) is -0.259. The number of methoxy groups -OCH3 is 1. The molecule has 4 rings (SSSR count). The standard InChI is InChI=1S/C23H17ClN2O8S2/c1-25(16-6-4-3-5-14(16)23(31)34-2)36(32,33)13-7-8-15(24)17(10-13)26-18(27)9-12-11-35-20(22(29)30)19(12)21(26)28/h3-8,10-11H,9H2,1-2H3,(H,29,30). The fraction of sp³-hybridized carbons (Fsp3) is 0.130. The number of halogens is 1. The number of carbonyl (C=O) groups is 4. The number of rotatable bonds is 6. The zero-order valence-corrected chi connectivity index (χ0v) is 21.1. The molecule has 2 amide bonds. The second-order valence-electron chi connectivity index (χ2n) is 7.58. The predicted octanol–water partition coefficient (Wildman–Crippen LogP) is 3.44. The molecule has 0 atom stereocenters. The van der Waals surface area contributed by atoms with Crippen LogP contribution in [0.15, 0.2) is 52.7 Å². The molecule has 3 aromatic rings. The second-order valence-corrected chi connectivity index (χ2v) is 10.8. The summed E-state index contributed by atoms with van der Waals surface area (Å²) in [5.41, 5.74) is -0.0216. The first-order valence-electron chi connectivity index (χ1n) is 10.2. The first-order chi connectivity index (χ1) is 17.0. The molecule has 13 heteroatoms. The lowest BCUT2D eigenvalue weighted by Gasteiger charge is -2.27. The highest BCUT2D eigenvalue weighted by atomic mass is 35.5. The van der Waals surface area contributed by atoms with E-state index in [1.165, 1.54) is 43.8 Å². The Morgan fingerprint density at radius 2 is 1.86 bits per heavy atom. The van der Waals surface area contributed by atoms with Crippen molar-refractivity contribution in [3.05, 3.63) is 74.4 Å². The minimum absolute atomic E-state index is 0.00725. The van der Waals surface area contributed by atoms with Crippen molar-refractivity contribution in [1.29, 1.82) is 0 Å². The highest BCUT2D eigenvalue weighted by Crippen LogP contribution is 2.37. The summed E-state index contributed by atoms with van der Waals surface area (Å²) in [6, 6.07) is 9.39. The Kier molecular flexibility index (Phi) is 6.60. The third-order valence-corrected chi connectivity index (χ3v) is 8.64. The molecule has 0 bridgehead atoms. The van der Waals surface area contributed by atoms with Gasteiger partial charge in [-0.2, -0.15) is 0 Å². The van der Waals surface area contributed by atoms with Crippen molar-refractivity contribution < 1.29 is 37.4 Å². The lowest BCUT2D eigenvalue weighted by molar-refractivity contribution is -0.117. The van der Waals surface area contributed by atoms with Gasteiger partial charge in [0.15, 0.2) is 0 Å². The van der Waals surface area contributed by atoms with E-state index in [1.54, 1.807) is 12.1 Å². The number of para-hydroxylation sites is 1. The van der Waals surface area contributed by atoms with Gasteiger partial charge in [0.2, 0.25) is 5.91 Å². The van der Waals surface area contributed by atoms with E-state index in [9.17, 15) is 32.7 Å². The molecule has 10 nitrogen and oxygen atoms in total. The summed E-state index contributed by atoms with van der Waals surface area (Å²) in [6.45, 7) is 0. The zero-order valence-electron chi connectivity index (χ0n) is 18.7. The first-order valence-corrected chi connectivity index (χ1v) is 12.9. The largest absolute Gasteiger partial charge is 0.477 e. The maximum Gasteiger partial charge on any atom is 0.346 e. The molecule has 0 saturated carbocycles. The number of aromatic carboxylic acids is 1. The Morgan fingerprint density at radius 3 is 2.53 bits per heavy atom. The molecule has 36 heavy (non-hydrogen) atoms. The van der Waals surface area contributed by atoms with Gasteiger partial charge in [0.25, 0.3) is 15.9 Å². The van der Waals surface area contributed by atoms with Crippen LogP contribution in [0.3, 0.4) is 0 Å². The Labute approximate surface area is 214 Å². The van der Waals surface area contributed by atoms with Crippen molar-refractivity contribution in [1.82, 2.24) is 0 Å². The molecule has 2 aromatic carbocycles. The summed E-state index contributed by atoms with van der Waals surface area (Å²) < 4.78 is 32.5. The number of anilines is 2. The number of fused-ring (bicyclic) bond motifs is 1. The van der Waals surface area contributed by atoms with Gasteiger partial charge in [-0.3, -0.25) is 13.9 Å². The number of hydrogen-bond acceptors (Lipinski definition) is 8. The number of sulfonamides is 1.